The predicted octanol–water partition coefficient (Wildman–Crippen LogP) is 6.01. The van der Waals surface area contributed by atoms with Gasteiger partial charge in [-0.15, -0.1) is 21.5 Å². The number of rotatable bonds is 6. The maximum absolute atomic E-state index is 6.28. The van der Waals surface area contributed by atoms with Crippen molar-refractivity contribution in [1.29, 1.82) is 0 Å². The second-order valence-corrected chi connectivity index (χ2v) is 9.29. The van der Waals surface area contributed by atoms with Gasteiger partial charge in [-0.3, -0.25) is 0 Å². The molecule has 4 rings (SSSR count). The fraction of sp³-hybridized carbons (Fsp3) is 0.450. The average molecular weight is 419 g/mol. The first-order valence-corrected chi connectivity index (χ1v) is 11.7. The molecule has 0 saturated heterocycles. The van der Waals surface area contributed by atoms with E-state index in [1.54, 1.807) is 23.1 Å². The molecule has 0 radical (unpaired) electrons. The van der Waals surface area contributed by atoms with Crippen LogP contribution in [0.3, 0.4) is 0 Å². The van der Waals surface area contributed by atoms with Crippen LogP contribution in [-0.4, -0.2) is 19.7 Å². The topological polar surface area (TPSA) is 43.6 Å². The summed E-state index contributed by atoms with van der Waals surface area (Å²) < 4.78 is 2.15. The quantitative estimate of drug-likeness (QED) is 0.460. The first kappa shape index (κ1) is 19.0. The van der Waals surface area contributed by atoms with E-state index in [0.29, 0.717) is 0 Å². The number of hydrogen-bond acceptors (Lipinski definition) is 5. The van der Waals surface area contributed by atoms with E-state index in [9.17, 15) is 0 Å². The van der Waals surface area contributed by atoms with Crippen LogP contribution in [0.4, 0.5) is 0 Å². The number of hydrogen-bond donors (Lipinski definition) is 0. The second kappa shape index (κ2) is 8.76. The summed E-state index contributed by atoms with van der Waals surface area (Å²) in [4.78, 5) is 4.74. The van der Waals surface area contributed by atoms with Crippen molar-refractivity contribution < 1.29 is 0 Å². The first-order valence-electron chi connectivity index (χ1n) is 9.41. The van der Waals surface area contributed by atoms with E-state index in [1.807, 2.05) is 24.3 Å². The number of halogens is 1. The van der Waals surface area contributed by atoms with Crippen molar-refractivity contribution in [2.75, 3.05) is 0 Å². The van der Waals surface area contributed by atoms with Crippen molar-refractivity contribution in [3.63, 3.8) is 0 Å². The summed E-state index contributed by atoms with van der Waals surface area (Å²) in [6.45, 7) is 0. The van der Waals surface area contributed by atoms with Crippen LogP contribution >= 0.6 is 34.7 Å². The van der Waals surface area contributed by atoms with E-state index in [0.717, 1.165) is 50.4 Å². The Hall–Kier alpha value is -1.37. The van der Waals surface area contributed by atoms with Crippen molar-refractivity contribution >= 4 is 34.7 Å². The Balaban J connectivity index is 1.39. The molecule has 2 aromatic heterocycles. The molecular weight excluding hydrogens is 396 g/mol. The van der Waals surface area contributed by atoms with Gasteiger partial charge in [0.05, 0.1) is 10.7 Å². The molecule has 0 bridgehead atoms. The summed E-state index contributed by atoms with van der Waals surface area (Å²) in [5, 5.41) is 13.6. The number of benzene rings is 1. The molecule has 2 heterocycles. The molecule has 142 valence electrons. The third-order valence-electron chi connectivity index (χ3n) is 5.13. The van der Waals surface area contributed by atoms with E-state index in [2.05, 4.69) is 27.2 Å². The zero-order valence-electron chi connectivity index (χ0n) is 15.4. The summed E-state index contributed by atoms with van der Waals surface area (Å²) in [7, 11) is 2.08. The van der Waals surface area contributed by atoms with Gasteiger partial charge in [-0.05, 0) is 12.0 Å². The normalized spacial score (nSPS) is 15.3. The van der Waals surface area contributed by atoms with Gasteiger partial charge in [0.2, 0.25) is 0 Å². The Morgan fingerprint density at radius 2 is 2.00 bits per heavy atom. The van der Waals surface area contributed by atoms with Crippen LogP contribution in [0.15, 0.2) is 34.8 Å². The number of aromatic nitrogens is 4. The van der Waals surface area contributed by atoms with E-state index >= 15 is 0 Å². The standard InChI is InChI=1S/C20H23ClN4S2/c1-25-18(11-14-7-3-2-4-8-14)23-24-20(25)27-13-15-12-26-19(22-15)16-9-5-6-10-17(16)21/h5-6,9-10,12,14H,2-4,7-8,11,13H2,1H3. The minimum absolute atomic E-state index is 0.742. The lowest BCUT2D eigenvalue weighted by molar-refractivity contribution is 0.348. The van der Waals surface area contributed by atoms with E-state index in [4.69, 9.17) is 16.6 Å². The minimum Gasteiger partial charge on any atom is -0.309 e. The van der Waals surface area contributed by atoms with E-state index in [1.165, 1.54) is 32.1 Å². The van der Waals surface area contributed by atoms with Crippen LogP contribution in [0.1, 0.15) is 43.6 Å². The van der Waals surface area contributed by atoms with Gasteiger partial charge >= 0.3 is 0 Å². The molecule has 1 aliphatic rings. The fourth-order valence-electron chi connectivity index (χ4n) is 3.57. The van der Waals surface area contributed by atoms with Crippen molar-refractivity contribution in [2.24, 2.45) is 13.0 Å². The molecule has 1 aliphatic carbocycles. The number of thioether (sulfide) groups is 1. The Bertz CT molecular complexity index is 899. The van der Waals surface area contributed by atoms with Crippen LogP contribution in [0.5, 0.6) is 0 Å². The number of nitrogens with zero attached hydrogens (tertiary/aromatic N) is 4. The molecule has 0 amide bonds. The lowest BCUT2D eigenvalue weighted by Crippen LogP contribution is -2.12. The van der Waals surface area contributed by atoms with Crippen LogP contribution in [0.2, 0.25) is 5.02 Å². The van der Waals surface area contributed by atoms with Crippen LogP contribution in [0.25, 0.3) is 10.6 Å². The summed E-state index contributed by atoms with van der Waals surface area (Å²) in [5.41, 5.74) is 2.05. The first-order chi connectivity index (χ1) is 13.2. The van der Waals surface area contributed by atoms with Crippen molar-refractivity contribution in [3.8, 4) is 10.6 Å². The number of thiazole rings is 1. The molecule has 1 saturated carbocycles. The van der Waals surface area contributed by atoms with Crippen molar-refractivity contribution in [2.45, 2.75) is 49.4 Å². The molecular formula is C20H23ClN4S2. The Labute approximate surface area is 173 Å². The van der Waals surface area contributed by atoms with Gasteiger partial charge in [0, 0.05) is 30.2 Å². The molecule has 1 fully saturated rings. The van der Waals surface area contributed by atoms with Crippen LogP contribution < -0.4 is 0 Å². The van der Waals surface area contributed by atoms with Gasteiger partial charge in [-0.25, -0.2) is 4.98 Å². The minimum atomic E-state index is 0.742. The maximum Gasteiger partial charge on any atom is 0.191 e. The largest absolute Gasteiger partial charge is 0.309 e. The van der Waals surface area contributed by atoms with Crippen LogP contribution in [-0.2, 0) is 19.2 Å². The fourth-order valence-corrected chi connectivity index (χ4v) is 5.64. The third kappa shape index (κ3) is 4.55. The molecule has 0 atom stereocenters. The smallest absolute Gasteiger partial charge is 0.191 e. The molecule has 1 aromatic carbocycles. The molecule has 3 aromatic rings. The third-order valence-corrected chi connectivity index (χ3v) is 7.43. The zero-order chi connectivity index (χ0) is 18.6. The lowest BCUT2D eigenvalue weighted by atomic mass is 9.87. The second-order valence-electron chi connectivity index (χ2n) is 7.08. The van der Waals surface area contributed by atoms with Crippen molar-refractivity contribution in [1.82, 2.24) is 19.7 Å². The maximum atomic E-state index is 6.28. The molecule has 4 nitrogen and oxygen atoms in total. The highest BCUT2D eigenvalue weighted by molar-refractivity contribution is 7.98. The average Bonchev–Trinajstić information content (AvgIpc) is 3.29. The van der Waals surface area contributed by atoms with Gasteiger partial charge in [0.25, 0.3) is 0 Å². The molecule has 0 unspecified atom stereocenters. The summed E-state index contributed by atoms with van der Waals surface area (Å²) in [6, 6.07) is 7.85. The highest BCUT2D eigenvalue weighted by Crippen LogP contribution is 2.32. The van der Waals surface area contributed by atoms with Gasteiger partial charge in [0.15, 0.2) is 5.16 Å². The highest BCUT2D eigenvalue weighted by atomic mass is 35.5. The molecule has 7 heteroatoms. The predicted molar refractivity (Wildman–Crippen MR) is 113 cm³/mol. The van der Waals surface area contributed by atoms with E-state index in [-0.39, 0.29) is 0 Å². The van der Waals surface area contributed by atoms with Gasteiger partial charge in [0.1, 0.15) is 10.8 Å². The summed E-state index contributed by atoms with van der Waals surface area (Å²) in [6.07, 6.45) is 7.83. The van der Waals surface area contributed by atoms with Gasteiger partial charge < -0.3 is 4.57 Å². The molecule has 27 heavy (non-hydrogen) atoms. The molecule has 0 aliphatic heterocycles. The summed E-state index contributed by atoms with van der Waals surface area (Å²) >= 11 is 9.61. The SMILES string of the molecule is Cn1c(CC2CCCCC2)nnc1SCc1csc(-c2ccccc2Cl)n1. The Kier molecular flexibility index (Phi) is 6.15. The zero-order valence-corrected chi connectivity index (χ0v) is 17.8. The van der Waals surface area contributed by atoms with Gasteiger partial charge in [-0.1, -0.05) is 73.7 Å². The van der Waals surface area contributed by atoms with Gasteiger partial charge in [-0.2, -0.15) is 0 Å². The molecule has 0 N–H and O–H groups in total. The van der Waals surface area contributed by atoms with Crippen molar-refractivity contribution in [3.05, 3.63) is 46.2 Å². The highest BCUT2D eigenvalue weighted by Gasteiger charge is 2.18. The lowest BCUT2D eigenvalue weighted by Gasteiger charge is -2.20. The monoisotopic (exact) mass is 418 g/mol. The Morgan fingerprint density at radius 1 is 1.19 bits per heavy atom. The van der Waals surface area contributed by atoms with Crippen LogP contribution in [0, 0.1) is 5.92 Å². The molecule has 0 spiro atoms. The van der Waals surface area contributed by atoms with E-state index < -0.39 is 0 Å². The summed E-state index contributed by atoms with van der Waals surface area (Å²) in [5.74, 6) is 2.67. The Morgan fingerprint density at radius 3 is 2.81 bits per heavy atom.